The monoisotopic (exact) mass is 200 g/mol. The van der Waals surface area contributed by atoms with E-state index in [-0.39, 0.29) is 4.90 Å². The molecule has 3 N–H and O–H groups in total. The van der Waals surface area contributed by atoms with E-state index in [9.17, 15) is 8.42 Å². The topological polar surface area (TPSA) is 72.2 Å². The first-order valence-corrected chi connectivity index (χ1v) is 5.62. The number of nitrogen functional groups attached to an aromatic ring is 1. The highest BCUT2D eigenvalue weighted by molar-refractivity contribution is 7.90. The Morgan fingerprint density at radius 3 is 2.38 bits per heavy atom. The fraction of sp³-hybridized carbons (Fsp3) is 0.250. The van der Waals surface area contributed by atoms with Gasteiger partial charge in [-0.15, -0.1) is 0 Å². The van der Waals surface area contributed by atoms with Gasteiger partial charge in [0.05, 0.1) is 16.3 Å². The number of anilines is 2. The lowest BCUT2D eigenvalue weighted by molar-refractivity contribution is 0.602. The zero-order valence-electron chi connectivity index (χ0n) is 7.53. The number of para-hydroxylation sites is 1. The summed E-state index contributed by atoms with van der Waals surface area (Å²) in [6, 6.07) is 4.80. The molecule has 5 heteroatoms. The van der Waals surface area contributed by atoms with Crippen LogP contribution in [0.1, 0.15) is 0 Å². The smallest absolute Gasteiger partial charge is 0.177 e. The molecule has 0 aromatic heterocycles. The Morgan fingerprint density at radius 1 is 1.38 bits per heavy atom. The van der Waals surface area contributed by atoms with Crippen LogP contribution >= 0.6 is 0 Å². The number of rotatable bonds is 2. The van der Waals surface area contributed by atoms with E-state index < -0.39 is 9.84 Å². The first-order chi connectivity index (χ1) is 5.96. The van der Waals surface area contributed by atoms with Crippen molar-refractivity contribution < 1.29 is 8.42 Å². The van der Waals surface area contributed by atoms with Crippen LogP contribution in [0.4, 0.5) is 11.4 Å². The number of benzene rings is 1. The van der Waals surface area contributed by atoms with Crippen molar-refractivity contribution in [2.45, 2.75) is 4.90 Å². The Morgan fingerprint density at radius 2 is 2.00 bits per heavy atom. The van der Waals surface area contributed by atoms with Crippen LogP contribution in [0, 0.1) is 0 Å². The molecule has 0 unspecified atom stereocenters. The van der Waals surface area contributed by atoms with Gasteiger partial charge in [-0.25, -0.2) is 8.42 Å². The second kappa shape index (κ2) is 3.26. The third-order valence-electron chi connectivity index (χ3n) is 1.71. The maximum Gasteiger partial charge on any atom is 0.177 e. The van der Waals surface area contributed by atoms with Crippen LogP contribution in [-0.2, 0) is 9.84 Å². The predicted molar refractivity (Wildman–Crippen MR) is 53.5 cm³/mol. The molecule has 0 bridgehead atoms. The fourth-order valence-corrected chi connectivity index (χ4v) is 2.04. The average Bonchev–Trinajstić information content (AvgIpc) is 2.02. The van der Waals surface area contributed by atoms with Crippen LogP contribution in [-0.4, -0.2) is 21.7 Å². The molecule has 1 rings (SSSR count). The maximum absolute atomic E-state index is 11.3. The van der Waals surface area contributed by atoms with Crippen molar-refractivity contribution in [1.82, 2.24) is 0 Å². The minimum atomic E-state index is -3.21. The molecule has 0 amide bonds. The van der Waals surface area contributed by atoms with Crippen LogP contribution < -0.4 is 11.1 Å². The molecule has 0 saturated carbocycles. The Kier molecular flexibility index (Phi) is 2.47. The highest BCUT2D eigenvalue weighted by Gasteiger charge is 2.13. The number of hydrogen-bond acceptors (Lipinski definition) is 4. The van der Waals surface area contributed by atoms with Gasteiger partial charge in [-0.1, -0.05) is 6.07 Å². The number of hydrogen-bond donors (Lipinski definition) is 2. The van der Waals surface area contributed by atoms with E-state index in [0.29, 0.717) is 11.4 Å². The Labute approximate surface area is 77.7 Å². The lowest BCUT2D eigenvalue weighted by Gasteiger charge is -2.09. The Hall–Kier alpha value is -1.23. The van der Waals surface area contributed by atoms with Gasteiger partial charge in [0.1, 0.15) is 0 Å². The van der Waals surface area contributed by atoms with E-state index >= 15 is 0 Å². The third-order valence-corrected chi connectivity index (χ3v) is 2.85. The van der Waals surface area contributed by atoms with E-state index in [2.05, 4.69) is 5.32 Å². The van der Waals surface area contributed by atoms with Crippen LogP contribution in [0.15, 0.2) is 23.1 Å². The molecule has 0 heterocycles. The molecular weight excluding hydrogens is 188 g/mol. The zero-order valence-corrected chi connectivity index (χ0v) is 8.35. The van der Waals surface area contributed by atoms with Crippen LogP contribution in [0.3, 0.4) is 0 Å². The van der Waals surface area contributed by atoms with Crippen LogP contribution in [0.2, 0.25) is 0 Å². The van der Waals surface area contributed by atoms with Gasteiger partial charge in [0, 0.05) is 13.3 Å². The highest BCUT2D eigenvalue weighted by atomic mass is 32.2. The summed E-state index contributed by atoms with van der Waals surface area (Å²) >= 11 is 0. The summed E-state index contributed by atoms with van der Waals surface area (Å²) in [6.45, 7) is 0. The van der Waals surface area contributed by atoms with Gasteiger partial charge in [0.2, 0.25) is 0 Å². The first-order valence-electron chi connectivity index (χ1n) is 3.73. The molecule has 72 valence electrons. The van der Waals surface area contributed by atoms with Crippen molar-refractivity contribution in [1.29, 1.82) is 0 Å². The van der Waals surface area contributed by atoms with Gasteiger partial charge >= 0.3 is 0 Å². The fourth-order valence-electron chi connectivity index (χ4n) is 1.12. The summed E-state index contributed by atoms with van der Waals surface area (Å²) in [5.41, 5.74) is 6.50. The molecule has 0 aliphatic rings. The molecule has 4 nitrogen and oxygen atoms in total. The number of nitrogens with one attached hydrogen (secondary N) is 1. The summed E-state index contributed by atoms with van der Waals surface area (Å²) in [5, 5.41) is 2.77. The first kappa shape index (κ1) is 9.85. The molecule has 0 saturated heterocycles. The molecule has 0 aliphatic heterocycles. The summed E-state index contributed by atoms with van der Waals surface area (Å²) in [6.07, 6.45) is 1.16. The van der Waals surface area contributed by atoms with Gasteiger partial charge in [0.25, 0.3) is 0 Å². The lowest BCUT2D eigenvalue weighted by Crippen LogP contribution is -2.05. The van der Waals surface area contributed by atoms with Gasteiger partial charge in [-0.3, -0.25) is 0 Å². The van der Waals surface area contributed by atoms with Gasteiger partial charge in [-0.2, -0.15) is 0 Å². The van der Waals surface area contributed by atoms with Gasteiger partial charge in [-0.05, 0) is 12.1 Å². The minimum absolute atomic E-state index is 0.231. The average molecular weight is 200 g/mol. The standard InChI is InChI=1S/C8H12N2O2S/c1-10-8-6(9)4-3-5-7(8)13(2,11)12/h3-5,10H,9H2,1-2H3. The molecule has 1 aromatic carbocycles. The Bertz CT molecular complexity index is 412. The van der Waals surface area contributed by atoms with E-state index in [0.717, 1.165) is 6.26 Å². The normalized spacial score (nSPS) is 11.2. The molecule has 0 aliphatic carbocycles. The van der Waals surface area contributed by atoms with E-state index in [1.165, 1.54) is 6.07 Å². The summed E-state index contributed by atoms with van der Waals surface area (Å²) in [7, 11) is -1.57. The number of sulfone groups is 1. The van der Waals surface area contributed by atoms with Crippen molar-refractivity contribution >= 4 is 21.2 Å². The molecule has 0 fully saturated rings. The lowest BCUT2D eigenvalue weighted by atomic mass is 10.3. The molecular formula is C8H12N2O2S. The molecule has 0 spiro atoms. The molecule has 0 atom stereocenters. The van der Waals surface area contributed by atoms with Gasteiger partial charge in [0.15, 0.2) is 9.84 Å². The van der Waals surface area contributed by atoms with Crippen LogP contribution in [0.5, 0.6) is 0 Å². The number of nitrogens with two attached hydrogens (primary N) is 1. The Balaban J connectivity index is 3.47. The van der Waals surface area contributed by atoms with E-state index in [4.69, 9.17) is 5.73 Å². The van der Waals surface area contributed by atoms with Crippen molar-refractivity contribution in [3.8, 4) is 0 Å². The van der Waals surface area contributed by atoms with Gasteiger partial charge < -0.3 is 11.1 Å². The third kappa shape index (κ3) is 1.92. The minimum Gasteiger partial charge on any atom is -0.397 e. The second-order valence-electron chi connectivity index (χ2n) is 2.74. The second-order valence-corrected chi connectivity index (χ2v) is 4.73. The van der Waals surface area contributed by atoms with Crippen molar-refractivity contribution in [2.75, 3.05) is 24.4 Å². The van der Waals surface area contributed by atoms with Crippen molar-refractivity contribution in [3.05, 3.63) is 18.2 Å². The quantitative estimate of drug-likeness (QED) is 0.690. The van der Waals surface area contributed by atoms with Crippen LogP contribution in [0.25, 0.3) is 0 Å². The zero-order chi connectivity index (χ0) is 10.1. The molecule has 13 heavy (non-hydrogen) atoms. The van der Waals surface area contributed by atoms with Crippen molar-refractivity contribution in [2.24, 2.45) is 0 Å². The largest absolute Gasteiger partial charge is 0.397 e. The van der Waals surface area contributed by atoms with Crippen molar-refractivity contribution in [3.63, 3.8) is 0 Å². The highest BCUT2D eigenvalue weighted by Crippen LogP contribution is 2.26. The van der Waals surface area contributed by atoms with E-state index in [1.54, 1.807) is 19.2 Å². The maximum atomic E-state index is 11.3. The SMILES string of the molecule is CNc1c(N)cccc1S(C)(=O)=O. The molecule has 0 radical (unpaired) electrons. The summed E-state index contributed by atoms with van der Waals surface area (Å²) in [5.74, 6) is 0. The summed E-state index contributed by atoms with van der Waals surface area (Å²) in [4.78, 5) is 0.231. The molecule has 1 aromatic rings. The van der Waals surface area contributed by atoms with E-state index in [1.807, 2.05) is 0 Å². The summed E-state index contributed by atoms with van der Waals surface area (Å²) < 4.78 is 22.5. The predicted octanol–water partition coefficient (Wildman–Crippen LogP) is 0.714.